The van der Waals surface area contributed by atoms with Gasteiger partial charge in [-0.1, -0.05) is 60.7 Å². The van der Waals surface area contributed by atoms with Gasteiger partial charge in [0.15, 0.2) is 5.13 Å². The average Bonchev–Trinajstić information content (AvgIpc) is 3.66. The average molecular weight is 590 g/mol. The highest BCUT2D eigenvalue weighted by atomic mass is 32.2. The maximum Gasteiger partial charge on any atom is 0.253 e. The van der Waals surface area contributed by atoms with E-state index in [0.717, 1.165) is 16.7 Å². The van der Waals surface area contributed by atoms with Gasteiger partial charge < -0.3 is 15.8 Å². The standard InChI is InChI=1S/C27H23N7O3S3/c28-27-30-17(13-40-27)11-20(35)31-21-24(36)34-22(18(14-39-25(21)34)19-12-29-33-32-19)26(38)37-23(15-7-3-1-4-8-15)16-9-5-2-6-10-16/h1-10,12-13,21,23,25H,11,14H2,(H2,28,30)(H,31,35)(H,29,32,33)/t21-,25-/m1/s1. The number of thiocarbonyl (C=S) groups is 1. The first-order valence-corrected chi connectivity index (χ1v) is 14.7. The Morgan fingerprint density at radius 2 is 1.88 bits per heavy atom. The van der Waals surface area contributed by atoms with Crippen molar-refractivity contribution in [3.63, 3.8) is 0 Å². The molecule has 0 bridgehead atoms. The smallest absolute Gasteiger partial charge is 0.253 e. The Bertz CT molecular complexity index is 1540. The zero-order chi connectivity index (χ0) is 27.6. The molecule has 1 fully saturated rings. The summed E-state index contributed by atoms with van der Waals surface area (Å²) in [5.74, 6) is -0.0825. The molecule has 2 aromatic carbocycles. The molecule has 13 heteroatoms. The van der Waals surface area contributed by atoms with Crippen LogP contribution in [0, 0.1) is 0 Å². The van der Waals surface area contributed by atoms with Crippen molar-refractivity contribution in [3.05, 3.63) is 100 Å². The Labute approximate surface area is 243 Å². The van der Waals surface area contributed by atoms with E-state index in [1.165, 1.54) is 23.1 Å². The Hall–Kier alpha value is -4.07. The molecule has 2 amide bonds. The van der Waals surface area contributed by atoms with Crippen molar-refractivity contribution in [1.82, 2.24) is 30.6 Å². The first-order chi connectivity index (χ1) is 19.5. The van der Waals surface area contributed by atoms with Crippen molar-refractivity contribution in [2.75, 3.05) is 11.5 Å². The second kappa shape index (κ2) is 11.2. The van der Waals surface area contributed by atoms with E-state index in [9.17, 15) is 9.59 Å². The van der Waals surface area contributed by atoms with Crippen LogP contribution in [-0.2, 0) is 20.7 Å². The third-order valence-corrected chi connectivity index (χ3v) is 8.84. The molecule has 202 valence electrons. The number of aromatic nitrogens is 4. The number of nitrogen functional groups attached to an aromatic ring is 1. The van der Waals surface area contributed by atoms with Gasteiger partial charge in [0.1, 0.15) is 28.9 Å². The van der Waals surface area contributed by atoms with E-state index in [1.54, 1.807) is 16.5 Å². The molecule has 10 nitrogen and oxygen atoms in total. The lowest BCUT2D eigenvalue weighted by Gasteiger charge is -2.50. The number of aromatic amines is 1. The topological polar surface area (TPSA) is 139 Å². The molecule has 0 unspecified atom stereocenters. The number of anilines is 1. The van der Waals surface area contributed by atoms with Crippen LogP contribution in [0.25, 0.3) is 5.57 Å². The summed E-state index contributed by atoms with van der Waals surface area (Å²) in [5.41, 5.74) is 9.86. The number of hydrogen-bond donors (Lipinski definition) is 3. The van der Waals surface area contributed by atoms with Gasteiger partial charge in [0, 0.05) is 16.7 Å². The molecular formula is C27H23N7O3S3. The molecule has 4 aromatic rings. The van der Waals surface area contributed by atoms with Gasteiger partial charge in [-0.15, -0.1) is 23.1 Å². The van der Waals surface area contributed by atoms with Crippen molar-refractivity contribution in [3.8, 4) is 0 Å². The summed E-state index contributed by atoms with van der Waals surface area (Å²) in [6.07, 6.45) is 1.14. The number of benzene rings is 2. The monoisotopic (exact) mass is 589 g/mol. The molecule has 40 heavy (non-hydrogen) atoms. The van der Waals surface area contributed by atoms with Gasteiger partial charge in [0.25, 0.3) is 5.91 Å². The number of β-lactam (4-membered cyclic amide) rings is 1. The number of carbonyl (C=O) groups excluding carboxylic acids is 2. The van der Waals surface area contributed by atoms with Gasteiger partial charge in [0.2, 0.25) is 11.0 Å². The fraction of sp³-hybridized carbons (Fsp3) is 0.185. The Morgan fingerprint density at radius 3 is 2.48 bits per heavy atom. The van der Waals surface area contributed by atoms with Gasteiger partial charge in [-0.25, -0.2) is 4.98 Å². The fourth-order valence-corrected chi connectivity index (χ4v) is 6.93. The number of fused-ring (bicyclic) bond motifs is 1. The number of nitrogens with zero attached hydrogens (tertiary/aromatic N) is 4. The summed E-state index contributed by atoms with van der Waals surface area (Å²) in [4.78, 5) is 32.0. The quantitative estimate of drug-likeness (QED) is 0.209. The van der Waals surface area contributed by atoms with Gasteiger partial charge in [-0.3, -0.25) is 14.5 Å². The second-order valence-corrected chi connectivity index (χ2v) is 11.5. The van der Waals surface area contributed by atoms with Crippen molar-refractivity contribution in [2.45, 2.75) is 23.9 Å². The van der Waals surface area contributed by atoms with Crippen LogP contribution in [0.4, 0.5) is 5.13 Å². The van der Waals surface area contributed by atoms with E-state index in [4.69, 9.17) is 22.7 Å². The first-order valence-electron chi connectivity index (χ1n) is 12.3. The van der Waals surface area contributed by atoms with E-state index in [2.05, 4.69) is 25.7 Å². The lowest BCUT2D eigenvalue weighted by Crippen LogP contribution is -2.70. The molecule has 4 N–H and O–H groups in total. The molecule has 0 saturated carbocycles. The second-order valence-electron chi connectivity index (χ2n) is 9.10. The van der Waals surface area contributed by atoms with Crippen LogP contribution < -0.4 is 11.1 Å². The molecular weight excluding hydrogens is 567 g/mol. The molecule has 2 aliphatic rings. The largest absolute Gasteiger partial charge is 0.469 e. The van der Waals surface area contributed by atoms with Crippen LogP contribution in [0.5, 0.6) is 0 Å². The number of rotatable bonds is 8. The summed E-state index contributed by atoms with van der Waals surface area (Å²) in [5, 5.41) is 15.6. The molecule has 0 spiro atoms. The normalized spacial score (nSPS) is 18.3. The number of nitrogens with two attached hydrogens (primary N) is 1. The molecule has 0 radical (unpaired) electrons. The lowest BCUT2D eigenvalue weighted by atomic mass is 10.00. The Kier molecular flexibility index (Phi) is 7.32. The zero-order valence-electron chi connectivity index (χ0n) is 20.9. The molecule has 2 aromatic heterocycles. The maximum absolute atomic E-state index is 13.5. The van der Waals surface area contributed by atoms with Crippen LogP contribution in [0.15, 0.2) is 77.9 Å². The molecule has 2 atom stereocenters. The minimum Gasteiger partial charge on any atom is -0.469 e. The third-order valence-electron chi connectivity index (χ3n) is 6.54. The highest BCUT2D eigenvalue weighted by Gasteiger charge is 2.54. The van der Waals surface area contributed by atoms with Gasteiger partial charge in [-0.2, -0.15) is 15.4 Å². The zero-order valence-corrected chi connectivity index (χ0v) is 23.3. The molecule has 6 rings (SSSR count). The maximum atomic E-state index is 13.5. The Balaban J connectivity index is 1.28. The lowest BCUT2D eigenvalue weighted by molar-refractivity contribution is -0.145. The fourth-order valence-electron chi connectivity index (χ4n) is 4.69. The van der Waals surface area contributed by atoms with Crippen LogP contribution >= 0.6 is 35.3 Å². The first kappa shape index (κ1) is 26.2. The van der Waals surface area contributed by atoms with E-state index in [-0.39, 0.29) is 28.7 Å². The summed E-state index contributed by atoms with van der Waals surface area (Å²) in [6, 6.07) is 18.8. The van der Waals surface area contributed by atoms with E-state index in [1.807, 2.05) is 60.7 Å². The number of carbonyl (C=O) groups is 2. The van der Waals surface area contributed by atoms with Crippen LogP contribution in [-0.4, -0.2) is 59.3 Å². The van der Waals surface area contributed by atoms with Crippen molar-refractivity contribution in [2.24, 2.45) is 0 Å². The van der Waals surface area contributed by atoms with Crippen molar-refractivity contribution in [1.29, 1.82) is 0 Å². The van der Waals surface area contributed by atoms with Gasteiger partial charge in [-0.05, 0) is 23.3 Å². The molecule has 0 aliphatic carbocycles. The summed E-state index contributed by atoms with van der Waals surface area (Å²) < 4.78 is 6.49. The predicted octanol–water partition coefficient (Wildman–Crippen LogP) is 3.33. The number of nitrogens with one attached hydrogen (secondary N) is 2. The van der Waals surface area contributed by atoms with Crippen molar-refractivity contribution >= 4 is 62.9 Å². The Morgan fingerprint density at radius 1 is 1.18 bits per heavy atom. The SMILES string of the molecule is Nc1nc(CC(=O)N[C@@H]2C(=O)N3C(C(=S)OC(c4ccccc4)c4ccccc4)=C(c4cn[nH]n4)CS[C@H]23)cs1. The van der Waals surface area contributed by atoms with Crippen LogP contribution in [0.1, 0.15) is 28.6 Å². The van der Waals surface area contributed by atoms with Gasteiger partial charge >= 0.3 is 0 Å². The van der Waals surface area contributed by atoms with Crippen LogP contribution in [0.3, 0.4) is 0 Å². The van der Waals surface area contributed by atoms with E-state index >= 15 is 0 Å². The number of hydrogen-bond acceptors (Lipinski definition) is 10. The number of thiazole rings is 1. The third kappa shape index (κ3) is 5.10. The molecule has 2 aliphatic heterocycles. The van der Waals surface area contributed by atoms with Crippen molar-refractivity contribution < 1.29 is 14.3 Å². The molecule has 4 heterocycles. The summed E-state index contributed by atoms with van der Waals surface area (Å²) >= 11 is 8.67. The number of amides is 2. The highest BCUT2D eigenvalue weighted by Crippen LogP contribution is 2.44. The minimum absolute atomic E-state index is 0.0408. The highest BCUT2D eigenvalue weighted by molar-refractivity contribution is 8.00. The van der Waals surface area contributed by atoms with E-state index in [0.29, 0.717) is 28.0 Å². The van der Waals surface area contributed by atoms with Gasteiger partial charge in [0.05, 0.1) is 18.3 Å². The summed E-state index contributed by atoms with van der Waals surface area (Å²) in [7, 11) is 0. The minimum atomic E-state index is -0.704. The number of thioether (sulfide) groups is 1. The van der Waals surface area contributed by atoms with E-state index < -0.39 is 12.1 Å². The molecule has 1 saturated heterocycles. The number of H-pyrrole nitrogens is 1. The van der Waals surface area contributed by atoms with Crippen LogP contribution in [0.2, 0.25) is 0 Å². The number of ether oxygens (including phenoxy) is 1. The predicted molar refractivity (Wildman–Crippen MR) is 157 cm³/mol. The summed E-state index contributed by atoms with van der Waals surface area (Å²) in [6.45, 7) is 0.